The molecular weight excluding hydrogens is 286 g/mol. The van der Waals surface area contributed by atoms with Crippen LogP contribution in [0.4, 0.5) is 0 Å². The molecule has 1 saturated heterocycles. The monoisotopic (exact) mass is 301 g/mol. The maximum atomic E-state index is 12.3. The van der Waals surface area contributed by atoms with E-state index in [1.807, 2.05) is 13.0 Å². The normalized spacial score (nSPS) is 23.4. The van der Waals surface area contributed by atoms with Crippen molar-refractivity contribution in [3.8, 4) is 0 Å². The zero-order chi connectivity index (χ0) is 14.0. The van der Waals surface area contributed by atoms with Gasteiger partial charge in [0.15, 0.2) is 0 Å². The number of carbonyl (C=O) groups excluding carboxylic acids is 1. The molecule has 2 atom stereocenters. The molecule has 2 rings (SSSR count). The highest BCUT2D eigenvalue weighted by atomic mass is 35.5. The average molecular weight is 302 g/mol. The third kappa shape index (κ3) is 3.48. The first kappa shape index (κ1) is 14.3. The number of hydrogen-bond acceptors (Lipinski definition) is 3. The Morgan fingerprint density at radius 2 is 2.21 bits per heavy atom. The Bertz CT molecular complexity index is 488. The summed E-state index contributed by atoms with van der Waals surface area (Å²) in [4.78, 5) is 25.9. The van der Waals surface area contributed by atoms with Gasteiger partial charge in [0.2, 0.25) is 5.91 Å². The van der Waals surface area contributed by atoms with Gasteiger partial charge in [0.25, 0.3) is 0 Å². The number of nitrogens with zero attached hydrogens (tertiary/aromatic N) is 1. The molecule has 1 N–H and O–H groups in total. The van der Waals surface area contributed by atoms with Crippen molar-refractivity contribution in [3.05, 3.63) is 21.3 Å². The molecule has 0 bridgehead atoms. The van der Waals surface area contributed by atoms with Gasteiger partial charge in [-0.2, -0.15) is 0 Å². The van der Waals surface area contributed by atoms with E-state index in [1.165, 1.54) is 11.3 Å². The summed E-state index contributed by atoms with van der Waals surface area (Å²) in [7, 11) is 0. The second kappa shape index (κ2) is 5.92. The van der Waals surface area contributed by atoms with Gasteiger partial charge >= 0.3 is 5.97 Å². The van der Waals surface area contributed by atoms with Crippen LogP contribution >= 0.6 is 22.9 Å². The second-order valence-electron chi connectivity index (χ2n) is 4.89. The molecule has 4 nitrogen and oxygen atoms in total. The molecular formula is C13H16ClNO3S. The van der Waals surface area contributed by atoms with Gasteiger partial charge in [0, 0.05) is 17.5 Å². The molecule has 1 amide bonds. The van der Waals surface area contributed by atoms with E-state index in [1.54, 1.807) is 11.0 Å². The zero-order valence-electron chi connectivity index (χ0n) is 10.6. The topological polar surface area (TPSA) is 57.6 Å². The number of rotatable bonds is 3. The molecule has 2 heterocycles. The van der Waals surface area contributed by atoms with Crippen molar-refractivity contribution in [2.45, 2.75) is 32.2 Å². The van der Waals surface area contributed by atoms with E-state index < -0.39 is 11.9 Å². The van der Waals surface area contributed by atoms with Crippen molar-refractivity contribution in [3.63, 3.8) is 0 Å². The maximum absolute atomic E-state index is 12.3. The first-order chi connectivity index (χ1) is 8.97. The molecule has 6 heteroatoms. The number of carbonyl (C=O) groups is 2. The summed E-state index contributed by atoms with van der Waals surface area (Å²) in [6.07, 6.45) is 1.69. The molecule has 0 aliphatic carbocycles. The van der Waals surface area contributed by atoms with Gasteiger partial charge in [-0.15, -0.1) is 11.3 Å². The predicted molar refractivity (Wildman–Crippen MR) is 74.6 cm³/mol. The van der Waals surface area contributed by atoms with Crippen LogP contribution in [0.5, 0.6) is 0 Å². The molecule has 1 aliphatic rings. The molecule has 104 valence electrons. The van der Waals surface area contributed by atoms with Crippen LogP contribution in [-0.2, 0) is 16.0 Å². The molecule has 19 heavy (non-hydrogen) atoms. The Labute approximate surface area is 121 Å². The molecule has 1 fully saturated rings. The fraction of sp³-hybridized carbons (Fsp3) is 0.538. The smallest absolute Gasteiger partial charge is 0.308 e. The van der Waals surface area contributed by atoms with Crippen LogP contribution in [0.3, 0.4) is 0 Å². The number of likely N-dealkylation sites (tertiary alicyclic amines) is 1. The largest absolute Gasteiger partial charge is 0.481 e. The molecule has 0 saturated carbocycles. The fourth-order valence-electron chi connectivity index (χ4n) is 2.35. The molecule has 0 spiro atoms. The number of aliphatic carboxylic acids is 1. The van der Waals surface area contributed by atoms with Crippen molar-refractivity contribution in [1.29, 1.82) is 0 Å². The summed E-state index contributed by atoms with van der Waals surface area (Å²) in [5, 5.41) is 9.06. The van der Waals surface area contributed by atoms with Gasteiger partial charge in [-0.3, -0.25) is 9.59 Å². The van der Waals surface area contributed by atoms with Crippen LogP contribution in [0.1, 0.15) is 24.6 Å². The lowest BCUT2D eigenvalue weighted by atomic mass is 9.93. The van der Waals surface area contributed by atoms with Crippen LogP contribution in [0.15, 0.2) is 12.1 Å². The lowest BCUT2D eigenvalue weighted by Gasteiger charge is -2.36. The minimum Gasteiger partial charge on any atom is -0.481 e. The summed E-state index contributed by atoms with van der Waals surface area (Å²) in [6.45, 7) is 2.28. The Hall–Kier alpha value is -1.07. The Morgan fingerprint density at radius 1 is 1.47 bits per heavy atom. The maximum Gasteiger partial charge on any atom is 0.308 e. The van der Waals surface area contributed by atoms with Crippen LogP contribution in [0.2, 0.25) is 4.34 Å². The van der Waals surface area contributed by atoms with E-state index in [4.69, 9.17) is 16.7 Å². The number of thiophene rings is 1. The third-order valence-electron chi connectivity index (χ3n) is 3.51. The van der Waals surface area contributed by atoms with E-state index in [0.717, 1.165) is 11.3 Å². The van der Waals surface area contributed by atoms with Gasteiger partial charge in [0.1, 0.15) is 0 Å². The number of hydrogen-bond donors (Lipinski definition) is 1. The summed E-state index contributed by atoms with van der Waals surface area (Å²) in [5.74, 6) is -1.27. The number of carboxylic acids is 1. The van der Waals surface area contributed by atoms with E-state index in [9.17, 15) is 9.59 Å². The zero-order valence-corrected chi connectivity index (χ0v) is 12.2. The third-order valence-corrected chi connectivity index (χ3v) is 4.74. The van der Waals surface area contributed by atoms with Crippen LogP contribution in [0, 0.1) is 5.92 Å². The highest BCUT2D eigenvalue weighted by molar-refractivity contribution is 7.16. The molecule has 1 aliphatic heterocycles. The van der Waals surface area contributed by atoms with Gasteiger partial charge in [-0.25, -0.2) is 0 Å². The first-order valence-electron chi connectivity index (χ1n) is 6.24. The second-order valence-corrected chi connectivity index (χ2v) is 6.69. The van der Waals surface area contributed by atoms with Crippen molar-refractivity contribution in [2.24, 2.45) is 5.92 Å². The van der Waals surface area contributed by atoms with Gasteiger partial charge in [-0.05, 0) is 31.9 Å². The molecule has 2 unspecified atom stereocenters. The highest BCUT2D eigenvalue weighted by Crippen LogP contribution is 2.25. The minimum absolute atomic E-state index is 0.0167. The Kier molecular flexibility index (Phi) is 4.47. The van der Waals surface area contributed by atoms with Crippen molar-refractivity contribution >= 4 is 34.8 Å². The molecule has 0 aromatic carbocycles. The van der Waals surface area contributed by atoms with E-state index in [-0.39, 0.29) is 11.9 Å². The molecule has 1 aromatic rings. The fourth-order valence-corrected chi connectivity index (χ4v) is 3.43. The first-order valence-corrected chi connectivity index (χ1v) is 7.43. The lowest BCUT2D eigenvalue weighted by Crippen LogP contribution is -2.47. The summed E-state index contributed by atoms with van der Waals surface area (Å²) in [5.41, 5.74) is 0. The number of piperidine rings is 1. The number of amides is 1. The SMILES string of the molecule is CC1CCC(C(=O)O)CN1C(=O)Cc1ccc(Cl)s1. The average Bonchev–Trinajstić information content (AvgIpc) is 2.74. The van der Waals surface area contributed by atoms with Crippen LogP contribution < -0.4 is 0 Å². The molecule has 0 radical (unpaired) electrons. The van der Waals surface area contributed by atoms with Crippen molar-refractivity contribution < 1.29 is 14.7 Å². The van der Waals surface area contributed by atoms with Crippen LogP contribution in [0.25, 0.3) is 0 Å². The number of halogens is 1. The summed E-state index contributed by atoms with van der Waals surface area (Å²) < 4.78 is 0.665. The minimum atomic E-state index is -0.816. The van der Waals surface area contributed by atoms with E-state index in [2.05, 4.69) is 0 Å². The standard InChI is InChI=1S/C13H16ClNO3S/c1-8-2-3-9(13(17)18)7-15(8)12(16)6-10-4-5-11(14)19-10/h4-5,8-9H,2-3,6-7H2,1H3,(H,17,18). The van der Waals surface area contributed by atoms with Gasteiger partial charge < -0.3 is 10.0 Å². The van der Waals surface area contributed by atoms with Crippen LogP contribution in [-0.4, -0.2) is 34.5 Å². The Balaban J connectivity index is 2.02. The van der Waals surface area contributed by atoms with Crippen molar-refractivity contribution in [2.75, 3.05) is 6.54 Å². The van der Waals surface area contributed by atoms with Crippen molar-refractivity contribution in [1.82, 2.24) is 4.90 Å². The lowest BCUT2D eigenvalue weighted by molar-refractivity contribution is -0.146. The van der Waals surface area contributed by atoms with Gasteiger partial charge in [0.05, 0.1) is 16.7 Å². The quantitative estimate of drug-likeness (QED) is 0.934. The highest BCUT2D eigenvalue weighted by Gasteiger charge is 2.32. The molecule has 1 aromatic heterocycles. The summed E-state index contributed by atoms with van der Waals surface area (Å²) >= 11 is 7.23. The van der Waals surface area contributed by atoms with E-state index >= 15 is 0 Å². The summed E-state index contributed by atoms with van der Waals surface area (Å²) in [6, 6.07) is 3.72. The van der Waals surface area contributed by atoms with E-state index in [0.29, 0.717) is 23.7 Å². The number of carboxylic acid groups (broad SMARTS) is 1. The predicted octanol–water partition coefficient (Wildman–Crippen LogP) is 2.66. The van der Waals surface area contributed by atoms with Gasteiger partial charge in [-0.1, -0.05) is 11.6 Å². The Morgan fingerprint density at radius 3 is 2.79 bits per heavy atom.